The van der Waals surface area contributed by atoms with Gasteiger partial charge < -0.3 is 9.05 Å². The third-order valence-electron chi connectivity index (χ3n) is 0.815. The second-order valence-corrected chi connectivity index (χ2v) is 3.55. The Bertz CT molecular complexity index is 241. The van der Waals surface area contributed by atoms with Crippen molar-refractivity contribution in [1.82, 2.24) is 0 Å². The van der Waals surface area contributed by atoms with Crippen LogP contribution in [-0.2, 0) is 13.6 Å². The predicted molar refractivity (Wildman–Crippen MR) is 35.5 cm³/mol. The summed E-state index contributed by atoms with van der Waals surface area (Å²) in [4.78, 5) is 0. The van der Waals surface area contributed by atoms with Crippen molar-refractivity contribution in [2.75, 3.05) is 14.2 Å². The molecule has 0 N–H and O–H groups in total. The van der Waals surface area contributed by atoms with Gasteiger partial charge in [0.1, 0.15) is 0 Å². The van der Waals surface area contributed by atoms with E-state index >= 15 is 0 Å². The highest BCUT2D eigenvalue weighted by Gasteiger charge is 2.26. The lowest BCUT2D eigenvalue weighted by molar-refractivity contribution is -0.0696. The first-order chi connectivity index (χ1) is 5.33. The van der Waals surface area contributed by atoms with Crippen LogP contribution in [0.4, 0.5) is 13.2 Å². The van der Waals surface area contributed by atoms with E-state index < -0.39 is 13.8 Å². The SMILES string of the molecule is COP(=O)(C#CC(F)(F)F)OC. The Morgan fingerprint density at radius 1 is 1.25 bits per heavy atom. The minimum Gasteiger partial charge on any atom is -0.303 e. The van der Waals surface area contributed by atoms with E-state index in [2.05, 4.69) is 9.05 Å². The fraction of sp³-hybridized carbons (Fsp3) is 0.600. The lowest BCUT2D eigenvalue weighted by Crippen LogP contribution is -2.01. The van der Waals surface area contributed by atoms with E-state index in [1.807, 2.05) is 0 Å². The zero-order valence-corrected chi connectivity index (χ0v) is 7.20. The van der Waals surface area contributed by atoms with E-state index in [4.69, 9.17) is 0 Å². The largest absolute Gasteiger partial charge is 0.458 e. The molecule has 0 heterocycles. The average Bonchev–Trinajstić information content (AvgIpc) is 1.99. The van der Waals surface area contributed by atoms with E-state index in [0.717, 1.165) is 20.1 Å². The summed E-state index contributed by atoms with van der Waals surface area (Å²) in [5, 5.41) is 0. The molecular formula is C5H6F3O3P. The second-order valence-electron chi connectivity index (χ2n) is 1.60. The standard InChI is InChI=1S/C5H6F3O3P/c1-10-12(9,11-2)4-3-5(6,7)8/h1-2H3. The molecule has 0 rings (SSSR count). The molecule has 0 amide bonds. The van der Waals surface area contributed by atoms with Gasteiger partial charge >= 0.3 is 13.8 Å². The van der Waals surface area contributed by atoms with Crippen LogP contribution in [0.3, 0.4) is 0 Å². The fourth-order valence-electron chi connectivity index (χ4n) is 0.298. The topological polar surface area (TPSA) is 35.5 Å². The van der Waals surface area contributed by atoms with Crippen LogP contribution in [0.2, 0.25) is 0 Å². The third kappa shape index (κ3) is 4.39. The molecule has 7 heteroatoms. The molecule has 0 aliphatic rings. The van der Waals surface area contributed by atoms with Gasteiger partial charge in [-0.15, -0.1) is 0 Å². The van der Waals surface area contributed by atoms with Crippen LogP contribution in [0.25, 0.3) is 0 Å². The maximum Gasteiger partial charge on any atom is 0.458 e. The molecule has 0 aliphatic carbocycles. The molecule has 12 heavy (non-hydrogen) atoms. The van der Waals surface area contributed by atoms with E-state index in [-0.39, 0.29) is 0 Å². The molecule has 0 aromatic heterocycles. The first kappa shape index (κ1) is 11.5. The molecule has 0 bridgehead atoms. The number of halogens is 3. The monoisotopic (exact) mass is 202 g/mol. The molecule has 0 atom stereocenters. The van der Waals surface area contributed by atoms with Gasteiger partial charge in [0.05, 0.1) is 0 Å². The molecule has 0 saturated carbocycles. The van der Waals surface area contributed by atoms with Crippen LogP contribution in [0.5, 0.6) is 0 Å². The Balaban J connectivity index is 4.58. The first-order valence-electron chi connectivity index (χ1n) is 2.65. The quantitative estimate of drug-likeness (QED) is 0.507. The first-order valence-corrected chi connectivity index (χ1v) is 4.20. The van der Waals surface area contributed by atoms with Gasteiger partial charge in [-0.25, -0.2) is 4.57 Å². The Hall–Kier alpha value is -0.500. The molecule has 0 radical (unpaired) electrons. The number of hydrogen-bond donors (Lipinski definition) is 0. The predicted octanol–water partition coefficient (Wildman–Crippen LogP) is 2.00. The summed E-state index contributed by atoms with van der Waals surface area (Å²) in [5.74, 6) is 0.801. The molecule has 0 fully saturated rings. The van der Waals surface area contributed by atoms with Crippen molar-refractivity contribution in [2.24, 2.45) is 0 Å². The molecule has 70 valence electrons. The highest BCUT2D eigenvalue weighted by atomic mass is 31.2. The van der Waals surface area contributed by atoms with Crippen molar-refractivity contribution in [3.63, 3.8) is 0 Å². The van der Waals surface area contributed by atoms with Gasteiger partial charge in [0.15, 0.2) is 0 Å². The van der Waals surface area contributed by atoms with Gasteiger partial charge in [-0.05, 0) is 0 Å². The minimum absolute atomic E-state index is 0.801. The van der Waals surface area contributed by atoms with Crippen LogP contribution in [0.1, 0.15) is 0 Å². The van der Waals surface area contributed by atoms with Crippen molar-refractivity contribution < 1.29 is 26.8 Å². The van der Waals surface area contributed by atoms with Crippen LogP contribution in [-0.4, -0.2) is 20.4 Å². The zero-order chi connectivity index (χ0) is 9.83. The molecule has 3 nitrogen and oxygen atoms in total. The highest BCUT2D eigenvalue weighted by Crippen LogP contribution is 2.45. The Labute approximate surface area is 67.4 Å². The lowest BCUT2D eigenvalue weighted by atomic mass is 10.7. The molecule has 0 unspecified atom stereocenters. The summed E-state index contributed by atoms with van der Waals surface area (Å²) in [7, 11) is -1.95. The average molecular weight is 202 g/mol. The van der Waals surface area contributed by atoms with Crippen molar-refractivity contribution >= 4 is 7.60 Å². The maximum absolute atomic E-state index is 11.5. The fourth-order valence-corrected chi connectivity index (χ4v) is 0.893. The van der Waals surface area contributed by atoms with Gasteiger partial charge in [0.25, 0.3) is 0 Å². The van der Waals surface area contributed by atoms with E-state index in [9.17, 15) is 17.7 Å². The van der Waals surface area contributed by atoms with Crippen molar-refractivity contribution in [3.8, 4) is 11.6 Å². The Morgan fingerprint density at radius 2 is 1.67 bits per heavy atom. The molecule has 0 aliphatic heterocycles. The van der Waals surface area contributed by atoms with Crippen molar-refractivity contribution in [1.29, 1.82) is 0 Å². The smallest absolute Gasteiger partial charge is 0.303 e. The third-order valence-corrected chi connectivity index (χ3v) is 2.16. The van der Waals surface area contributed by atoms with E-state index in [1.54, 1.807) is 0 Å². The summed E-state index contributed by atoms with van der Waals surface area (Å²) in [6.07, 6.45) is -4.69. The molecule has 0 aromatic carbocycles. The molecule has 0 saturated heterocycles. The second kappa shape index (κ2) is 3.94. The molecule has 0 aromatic rings. The summed E-state index contributed by atoms with van der Waals surface area (Å²) in [6.45, 7) is 0. The normalized spacial score (nSPS) is 12.1. The van der Waals surface area contributed by atoms with Crippen LogP contribution < -0.4 is 0 Å². The molecular weight excluding hydrogens is 196 g/mol. The minimum atomic E-state index is -4.69. The number of alkyl halides is 3. The summed E-state index contributed by atoms with van der Waals surface area (Å²) in [6, 6.07) is 0. The Kier molecular flexibility index (Phi) is 3.78. The number of hydrogen-bond acceptors (Lipinski definition) is 3. The van der Waals surface area contributed by atoms with Crippen LogP contribution in [0, 0.1) is 11.6 Å². The van der Waals surface area contributed by atoms with Gasteiger partial charge in [0.2, 0.25) is 0 Å². The zero-order valence-electron chi connectivity index (χ0n) is 6.31. The summed E-state index contributed by atoms with van der Waals surface area (Å²) < 4.78 is 53.5. The van der Waals surface area contributed by atoms with Crippen LogP contribution in [0.15, 0.2) is 0 Å². The van der Waals surface area contributed by atoms with Gasteiger partial charge in [0, 0.05) is 25.8 Å². The highest BCUT2D eigenvalue weighted by molar-refractivity contribution is 7.59. The van der Waals surface area contributed by atoms with Gasteiger partial charge in [-0.3, -0.25) is 0 Å². The van der Waals surface area contributed by atoms with Crippen LogP contribution >= 0.6 is 7.60 Å². The summed E-state index contributed by atoms with van der Waals surface area (Å²) >= 11 is 0. The van der Waals surface area contributed by atoms with Gasteiger partial charge in [-0.2, -0.15) is 13.2 Å². The van der Waals surface area contributed by atoms with Crippen molar-refractivity contribution in [2.45, 2.75) is 6.18 Å². The Morgan fingerprint density at radius 3 is 1.92 bits per heavy atom. The van der Waals surface area contributed by atoms with Crippen molar-refractivity contribution in [3.05, 3.63) is 0 Å². The lowest BCUT2D eigenvalue weighted by Gasteiger charge is -2.04. The molecule has 0 spiro atoms. The van der Waals surface area contributed by atoms with E-state index in [0.29, 0.717) is 0 Å². The summed E-state index contributed by atoms with van der Waals surface area (Å²) in [5.41, 5.74) is 1.37. The number of rotatable bonds is 2. The van der Waals surface area contributed by atoms with E-state index in [1.165, 1.54) is 5.66 Å². The maximum atomic E-state index is 11.5. The van der Waals surface area contributed by atoms with Gasteiger partial charge in [-0.1, -0.05) is 0 Å².